The molecule has 0 aliphatic rings. The maximum Gasteiger partial charge on any atom is 0.277 e. The van der Waals surface area contributed by atoms with E-state index in [1.807, 2.05) is 0 Å². The van der Waals surface area contributed by atoms with Gasteiger partial charge in [0.15, 0.2) is 17.2 Å². The first-order valence-corrected chi connectivity index (χ1v) is 11.3. The van der Waals surface area contributed by atoms with Crippen LogP contribution in [0.4, 0.5) is 8.78 Å². The molecule has 11 heteroatoms. The highest BCUT2D eigenvalue weighted by molar-refractivity contribution is 6.31. The Hall–Kier alpha value is -4.20. The third-order valence-electron chi connectivity index (χ3n) is 5.50. The highest BCUT2D eigenvalue weighted by Gasteiger charge is 2.24. The quantitative estimate of drug-likeness (QED) is 0.380. The lowest BCUT2D eigenvalue weighted by Gasteiger charge is -2.17. The predicted octanol–water partition coefficient (Wildman–Crippen LogP) is 4.05. The fraction of sp³-hybridized carbons (Fsp3) is 0.192. The normalized spacial score (nSPS) is 12.6. The molecule has 37 heavy (non-hydrogen) atoms. The summed E-state index contributed by atoms with van der Waals surface area (Å²) in [7, 11) is 0. The van der Waals surface area contributed by atoms with Crippen molar-refractivity contribution in [2.75, 3.05) is 0 Å². The maximum atomic E-state index is 13.9. The number of aromatic nitrogens is 5. The second-order valence-corrected chi connectivity index (χ2v) is 8.69. The molecule has 0 saturated carbocycles. The SMILES string of the molecule is C#CC(C)(O)c1nccc(-c2cc(-n3c(C)cc(OCc4ncc(F)cc4F)c(Cl)c3=O)c(C)cn2)n1. The second kappa shape index (κ2) is 10.0. The third-order valence-corrected chi connectivity index (χ3v) is 5.85. The zero-order valence-electron chi connectivity index (χ0n) is 20.0. The summed E-state index contributed by atoms with van der Waals surface area (Å²) in [5.74, 6) is 0.592. The van der Waals surface area contributed by atoms with Gasteiger partial charge in [0.05, 0.1) is 23.3 Å². The molecule has 1 atom stereocenters. The van der Waals surface area contributed by atoms with Gasteiger partial charge in [0.25, 0.3) is 5.56 Å². The van der Waals surface area contributed by atoms with Crippen molar-refractivity contribution >= 4 is 11.6 Å². The lowest BCUT2D eigenvalue weighted by molar-refractivity contribution is 0.112. The molecule has 8 nitrogen and oxygen atoms in total. The van der Waals surface area contributed by atoms with E-state index in [0.717, 1.165) is 6.20 Å². The summed E-state index contributed by atoms with van der Waals surface area (Å²) >= 11 is 6.33. The van der Waals surface area contributed by atoms with Gasteiger partial charge >= 0.3 is 0 Å². The molecule has 0 aliphatic carbocycles. The maximum absolute atomic E-state index is 13.9. The standard InChI is InChI=1S/C26H20ClF2N5O3/c1-5-26(4,36)25-30-7-6-18(33-25)19-10-21(14(2)11-31-19)34-15(3)8-22(23(27)24(34)35)37-13-20-17(29)9-16(28)12-32-20/h1,6-12,36H,13H2,2-4H3. The molecule has 188 valence electrons. The van der Waals surface area contributed by atoms with Crippen LogP contribution in [-0.4, -0.2) is 29.6 Å². The van der Waals surface area contributed by atoms with E-state index >= 15 is 0 Å². The number of nitrogens with zero attached hydrogens (tertiary/aromatic N) is 5. The van der Waals surface area contributed by atoms with Crippen molar-refractivity contribution in [1.29, 1.82) is 0 Å². The van der Waals surface area contributed by atoms with Crippen molar-refractivity contribution in [2.45, 2.75) is 33.0 Å². The van der Waals surface area contributed by atoms with E-state index < -0.39 is 22.8 Å². The summed E-state index contributed by atoms with van der Waals surface area (Å²) < 4.78 is 33.9. The Kier molecular flexibility index (Phi) is 7.03. The molecule has 4 aromatic rings. The molecule has 0 bridgehead atoms. The van der Waals surface area contributed by atoms with Crippen LogP contribution in [0.5, 0.6) is 5.75 Å². The van der Waals surface area contributed by atoms with Crippen LogP contribution in [0.3, 0.4) is 0 Å². The number of aliphatic hydroxyl groups is 1. The minimum atomic E-state index is -1.67. The molecule has 4 heterocycles. The first-order valence-electron chi connectivity index (χ1n) is 10.9. The zero-order valence-corrected chi connectivity index (χ0v) is 20.7. The number of pyridine rings is 3. The molecule has 0 amide bonds. The highest BCUT2D eigenvalue weighted by Crippen LogP contribution is 2.27. The van der Waals surface area contributed by atoms with E-state index in [4.69, 9.17) is 22.8 Å². The Balaban J connectivity index is 1.72. The molecule has 4 aromatic heterocycles. The lowest BCUT2D eigenvalue weighted by Crippen LogP contribution is -2.23. The van der Waals surface area contributed by atoms with Gasteiger partial charge in [0.2, 0.25) is 0 Å². The van der Waals surface area contributed by atoms with Gasteiger partial charge in [-0.3, -0.25) is 19.3 Å². The lowest BCUT2D eigenvalue weighted by atomic mass is 10.1. The van der Waals surface area contributed by atoms with Crippen LogP contribution >= 0.6 is 11.6 Å². The van der Waals surface area contributed by atoms with E-state index in [9.17, 15) is 18.7 Å². The minimum absolute atomic E-state index is 0.0230. The highest BCUT2D eigenvalue weighted by atomic mass is 35.5. The molecule has 0 radical (unpaired) electrons. The molecular formula is C26H20ClF2N5O3. The molecule has 0 spiro atoms. The largest absolute Gasteiger partial charge is 0.485 e. The predicted molar refractivity (Wildman–Crippen MR) is 132 cm³/mol. The van der Waals surface area contributed by atoms with Crippen molar-refractivity contribution in [2.24, 2.45) is 0 Å². The van der Waals surface area contributed by atoms with Crippen LogP contribution in [0.2, 0.25) is 5.02 Å². The smallest absolute Gasteiger partial charge is 0.277 e. The molecular weight excluding hydrogens is 504 g/mol. The third kappa shape index (κ3) is 5.18. The van der Waals surface area contributed by atoms with Crippen LogP contribution in [0, 0.1) is 37.8 Å². The summed E-state index contributed by atoms with van der Waals surface area (Å²) in [6.45, 7) is 4.49. The number of rotatable bonds is 6. The topological polar surface area (TPSA) is 103 Å². The average Bonchev–Trinajstić information content (AvgIpc) is 2.87. The van der Waals surface area contributed by atoms with Gasteiger partial charge in [0.1, 0.15) is 28.9 Å². The van der Waals surface area contributed by atoms with Crippen molar-refractivity contribution in [3.8, 4) is 35.2 Å². The van der Waals surface area contributed by atoms with Gasteiger partial charge in [-0.05, 0) is 38.5 Å². The Bertz CT molecular complexity index is 1620. The van der Waals surface area contributed by atoms with Crippen LogP contribution < -0.4 is 10.3 Å². The van der Waals surface area contributed by atoms with E-state index in [0.29, 0.717) is 34.4 Å². The van der Waals surface area contributed by atoms with Crippen molar-refractivity contribution < 1.29 is 18.6 Å². The van der Waals surface area contributed by atoms with E-state index in [1.165, 1.54) is 23.8 Å². The van der Waals surface area contributed by atoms with Gasteiger partial charge in [0, 0.05) is 30.2 Å². The molecule has 0 fully saturated rings. The van der Waals surface area contributed by atoms with Crippen LogP contribution in [0.25, 0.3) is 17.1 Å². The van der Waals surface area contributed by atoms with Gasteiger partial charge in [-0.2, -0.15) is 0 Å². The van der Waals surface area contributed by atoms with E-state index in [2.05, 4.69) is 25.9 Å². The van der Waals surface area contributed by atoms with Gasteiger partial charge in [-0.25, -0.2) is 18.7 Å². The Labute approximate surface area is 215 Å². The molecule has 0 aromatic carbocycles. The molecule has 0 saturated heterocycles. The molecule has 0 aliphatic heterocycles. The summed E-state index contributed by atoms with van der Waals surface area (Å²) in [5, 5.41) is 10.1. The number of hydrogen-bond donors (Lipinski definition) is 1. The summed E-state index contributed by atoms with van der Waals surface area (Å²) in [4.78, 5) is 29.7. The first-order chi connectivity index (χ1) is 17.5. The second-order valence-electron chi connectivity index (χ2n) is 8.31. The van der Waals surface area contributed by atoms with Crippen LogP contribution in [-0.2, 0) is 12.2 Å². The van der Waals surface area contributed by atoms with Crippen LogP contribution in [0.15, 0.2) is 47.7 Å². The number of halogens is 3. The fourth-order valence-electron chi connectivity index (χ4n) is 3.48. The van der Waals surface area contributed by atoms with E-state index in [1.54, 1.807) is 32.2 Å². The summed E-state index contributed by atoms with van der Waals surface area (Å²) in [5.41, 5.74) is 0.00963. The fourth-order valence-corrected chi connectivity index (χ4v) is 3.67. The Morgan fingerprint density at radius 1 is 1.16 bits per heavy atom. The molecule has 4 rings (SSSR count). The first kappa shape index (κ1) is 25.9. The Morgan fingerprint density at radius 3 is 2.62 bits per heavy atom. The zero-order chi connectivity index (χ0) is 26.9. The van der Waals surface area contributed by atoms with Gasteiger partial charge in [-0.1, -0.05) is 17.5 Å². The minimum Gasteiger partial charge on any atom is -0.485 e. The summed E-state index contributed by atoms with van der Waals surface area (Å²) in [6, 6.07) is 5.46. The molecule has 1 N–H and O–H groups in total. The van der Waals surface area contributed by atoms with Crippen molar-refractivity contribution in [3.63, 3.8) is 0 Å². The monoisotopic (exact) mass is 523 g/mol. The Morgan fingerprint density at radius 2 is 1.92 bits per heavy atom. The molecule has 1 unspecified atom stereocenters. The van der Waals surface area contributed by atoms with Crippen molar-refractivity contribution in [3.05, 3.63) is 92.6 Å². The van der Waals surface area contributed by atoms with Crippen LogP contribution in [0.1, 0.15) is 29.7 Å². The van der Waals surface area contributed by atoms with Gasteiger partial charge < -0.3 is 9.84 Å². The van der Waals surface area contributed by atoms with Gasteiger partial charge in [-0.15, -0.1) is 6.42 Å². The summed E-state index contributed by atoms with van der Waals surface area (Å²) in [6.07, 6.45) is 9.26. The number of ether oxygens (including phenoxy) is 1. The average molecular weight is 524 g/mol. The number of aryl methyl sites for hydroxylation is 2. The number of hydrogen-bond acceptors (Lipinski definition) is 7. The number of terminal acetylenes is 1. The van der Waals surface area contributed by atoms with Crippen molar-refractivity contribution in [1.82, 2.24) is 24.5 Å². The van der Waals surface area contributed by atoms with E-state index in [-0.39, 0.29) is 28.9 Å².